The van der Waals surface area contributed by atoms with Crippen molar-refractivity contribution in [2.24, 2.45) is 0 Å². The van der Waals surface area contributed by atoms with Gasteiger partial charge in [0.25, 0.3) is 5.91 Å². The van der Waals surface area contributed by atoms with Gasteiger partial charge in [0.1, 0.15) is 18.1 Å². The van der Waals surface area contributed by atoms with Gasteiger partial charge >= 0.3 is 0 Å². The minimum Gasteiger partial charge on any atom is -0.493 e. The smallest absolute Gasteiger partial charge is 0.255 e. The summed E-state index contributed by atoms with van der Waals surface area (Å²) < 4.78 is 17.8. The normalized spacial score (nSPS) is 16.5. The Hall–Kier alpha value is -2.38. The lowest BCUT2D eigenvalue weighted by Crippen LogP contribution is -2.51. The number of rotatable bonds is 7. The highest BCUT2D eigenvalue weighted by Crippen LogP contribution is 2.26. The van der Waals surface area contributed by atoms with Gasteiger partial charge in [0, 0.05) is 6.54 Å². The summed E-state index contributed by atoms with van der Waals surface area (Å²) in [5.41, 5.74) is 0.597. The average Bonchev–Trinajstić information content (AvgIpc) is 2.73. The number of hydrogen-bond donors (Lipinski definition) is 0. The van der Waals surface area contributed by atoms with E-state index in [0.29, 0.717) is 49.7 Å². The maximum absolute atomic E-state index is 13.2. The number of carbonyl (C=O) groups is 2. The molecule has 148 valence electrons. The Balaban J connectivity index is 1.80. The number of amides is 1. The van der Waals surface area contributed by atoms with Crippen LogP contribution in [0.1, 0.15) is 27.6 Å². The van der Waals surface area contributed by atoms with Crippen LogP contribution in [-0.4, -0.2) is 56.1 Å². The molecule has 1 atom stereocenters. The number of benzene rings is 2. The summed E-state index contributed by atoms with van der Waals surface area (Å²) in [5, 5.41) is 0. The first-order valence-electron chi connectivity index (χ1n) is 9.12. The standard InChI is InChI=1S/C21H22BrNO5/c1-2-27-19-9-5-6-16(17(19)12-24)21(25)23-10-11-26-13-15(23)14-28-20-8-4-3-7-18(20)22/h3-9,12,15H,2,10-11,13-14H2,1H3/t15-/m0/s1. The predicted octanol–water partition coefficient (Wildman–Crippen LogP) is 3.58. The van der Waals surface area contributed by atoms with E-state index in [2.05, 4.69) is 15.9 Å². The molecule has 2 aromatic carbocycles. The molecule has 7 heteroatoms. The van der Waals surface area contributed by atoms with Crippen molar-refractivity contribution in [3.8, 4) is 11.5 Å². The average molecular weight is 448 g/mol. The van der Waals surface area contributed by atoms with Gasteiger partial charge < -0.3 is 19.1 Å². The van der Waals surface area contributed by atoms with Crippen molar-refractivity contribution in [1.82, 2.24) is 4.90 Å². The maximum atomic E-state index is 13.2. The molecule has 0 radical (unpaired) electrons. The Morgan fingerprint density at radius 2 is 2.00 bits per heavy atom. The van der Waals surface area contributed by atoms with Crippen LogP contribution in [-0.2, 0) is 4.74 Å². The highest BCUT2D eigenvalue weighted by Gasteiger charge is 2.30. The highest BCUT2D eigenvalue weighted by molar-refractivity contribution is 9.10. The first kappa shape index (κ1) is 20.4. The predicted molar refractivity (Wildman–Crippen MR) is 108 cm³/mol. The Kier molecular flexibility index (Phi) is 7.06. The summed E-state index contributed by atoms with van der Waals surface area (Å²) in [4.78, 5) is 26.6. The summed E-state index contributed by atoms with van der Waals surface area (Å²) in [6.45, 7) is 3.78. The third-order valence-corrected chi connectivity index (χ3v) is 5.13. The van der Waals surface area contributed by atoms with E-state index in [0.717, 1.165) is 4.47 Å². The van der Waals surface area contributed by atoms with Crippen LogP contribution in [0.15, 0.2) is 46.9 Å². The number of para-hydroxylation sites is 1. The van der Waals surface area contributed by atoms with Crippen molar-refractivity contribution in [2.45, 2.75) is 13.0 Å². The molecular formula is C21H22BrNO5. The van der Waals surface area contributed by atoms with Gasteiger partial charge in [-0.05, 0) is 47.1 Å². The van der Waals surface area contributed by atoms with E-state index in [-0.39, 0.29) is 24.1 Å². The lowest BCUT2D eigenvalue weighted by molar-refractivity contribution is -0.0151. The molecule has 0 aliphatic carbocycles. The van der Waals surface area contributed by atoms with Crippen LogP contribution < -0.4 is 9.47 Å². The largest absolute Gasteiger partial charge is 0.493 e. The molecule has 1 saturated heterocycles. The molecule has 0 N–H and O–H groups in total. The van der Waals surface area contributed by atoms with Crippen LogP contribution in [0.2, 0.25) is 0 Å². The number of aldehydes is 1. The lowest BCUT2D eigenvalue weighted by Gasteiger charge is -2.35. The zero-order valence-electron chi connectivity index (χ0n) is 15.6. The van der Waals surface area contributed by atoms with Crippen LogP contribution in [0, 0.1) is 0 Å². The van der Waals surface area contributed by atoms with Gasteiger partial charge in [-0.3, -0.25) is 9.59 Å². The van der Waals surface area contributed by atoms with Crippen molar-refractivity contribution in [2.75, 3.05) is 33.0 Å². The van der Waals surface area contributed by atoms with Crippen LogP contribution in [0.3, 0.4) is 0 Å². The minimum absolute atomic E-state index is 0.229. The van der Waals surface area contributed by atoms with Crippen LogP contribution in [0.4, 0.5) is 0 Å². The molecule has 0 spiro atoms. The highest BCUT2D eigenvalue weighted by atomic mass is 79.9. The summed E-state index contributed by atoms with van der Waals surface area (Å²) in [5.74, 6) is 0.887. The summed E-state index contributed by atoms with van der Waals surface area (Å²) in [6.07, 6.45) is 0.672. The fraction of sp³-hybridized carbons (Fsp3) is 0.333. The van der Waals surface area contributed by atoms with Crippen LogP contribution in [0.5, 0.6) is 11.5 Å². The zero-order chi connectivity index (χ0) is 19.9. The van der Waals surface area contributed by atoms with E-state index in [4.69, 9.17) is 14.2 Å². The van der Waals surface area contributed by atoms with Crippen LogP contribution in [0.25, 0.3) is 0 Å². The van der Waals surface area contributed by atoms with Crippen molar-refractivity contribution in [3.05, 3.63) is 58.1 Å². The second-order valence-corrected chi connectivity index (χ2v) is 7.09. The van der Waals surface area contributed by atoms with Crippen LogP contribution >= 0.6 is 15.9 Å². The van der Waals surface area contributed by atoms with Gasteiger partial charge in [0.05, 0.1) is 41.5 Å². The van der Waals surface area contributed by atoms with Gasteiger partial charge in [-0.2, -0.15) is 0 Å². The molecule has 2 aromatic rings. The van der Waals surface area contributed by atoms with Gasteiger partial charge in [0.15, 0.2) is 6.29 Å². The van der Waals surface area contributed by atoms with Gasteiger partial charge in [-0.15, -0.1) is 0 Å². The quantitative estimate of drug-likeness (QED) is 0.606. The first-order chi connectivity index (χ1) is 13.7. The summed E-state index contributed by atoms with van der Waals surface area (Å²) >= 11 is 3.45. The second kappa shape index (κ2) is 9.71. The first-order valence-corrected chi connectivity index (χ1v) is 9.92. The molecule has 28 heavy (non-hydrogen) atoms. The van der Waals surface area contributed by atoms with E-state index in [1.807, 2.05) is 31.2 Å². The lowest BCUT2D eigenvalue weighted by atomic mass is 10.0. The van der Waals surface area contributed by atoms with E-state index >= 15 is 0 Å². The number of ether oxygens (including phenoxy) is 3. The Bertz CT molecular complexity index is 841. The molecule has 3 rings (SSSR count). The second-order valence-electron chi connectivity index (χ2n) is 6.24. The molecule has 6 nitrogen and oxygen atoms in total. The Morgan fingerprint density at radius 3 is 2.75 bits per heavy atom. The number of hydrogen-bond acceptors (Lipinski definition) is 5. The topological polar surface area (TPSA) is 65.1 Å². The SMILES string of the molecule is CCOc1cccc(C(=O)N2CCOC[C@H]2COc2ccccc2Br)c1C=O. The third kappa shape index (κ3) is 4.54. The van der Waals surface area contributed by atoms with Crippen molar-refractivity contribution in [1.29, 1.82) is 0 Å². The van der Waals surface area contributed by atoms with Crippen molar-refractivity contribution < 1.29 is 23.8 Å². The molecule has 1 fully saturated rings. The molecule has 0 saturated carbocycles. The monoisotopic (exact) mass is 447 g/mol. The van der Waals surface area contributed by atoms with Crippen molar-refractivity contribution in [3.63, 3.8) is 0 Å². The Morgan fingerprint density at radius 1 is 1.21 bits per heavy atom. The number of halogens is 1. The van der Waals surface area contributed by atoms with Crippen molar-refractivity contribution >= 4 is 28.1 Å². The third-order valence-electron chi connectivity index (χ3n) is 4.47. The molecule has 1 amide bonds. The van der Waals surface area contributed by atoms with E-state index in [1.54, 1.807) is 23.1 Å². The number of morpholine rings is 1. The molecule has 1 heterocycles. The zero-order valence-corrected chi connectivity index (χ0v) is 17.2. The minimum atomic E-state index is -0.261. The van der Waals surface area contributed by atoms with Gasteiger partial charge in [-0.1, -0.05) is 18.2 Å². The van der Waals surface area contributed by atoms with Gasteiger partial charge in [0.2, 0.25) is 0 Å². The fourth-order valence-corrected chi connectivity index (χ4v) is 3.50. The Labute approximate surface area is 172 Å². The molecule has 0 bridgehead atoms. The molecule has 0 aromatic heterocycles. The molecular weight excluding hydrogens is 426 g/mol. The van der Waals surface area contributed by atoms with E-state index in [9.17, 15) is 9.59 Å². The maximum Gasteiger partial charge on any atom is 0.255 e. The number of carbonyl (C=O) groups excluding carboxylic acids is 2. The molecule has 0 unspecified atom stereocenters. The fourth-order valence-electron chi connectivity index (χ4n) is 3.10. The van der Waals surface area contributed by atoms with E-state index in [1.165, 1.54) is 0 Å². The van der Waals surface area contributed by atoms with Gasteiger partial charge in [-0.25, -0.2) is 0 Å². The summed E-state index contributed by atoms with van der Waals surface area (Å²) in [6, 6.07) is 12.3. The number of nitrogens with zero attached hydrogens (tertiary/aromatic N) is 1. The molecule has 1 aliphatic rings. The summed E-state index contributed by atoms with van der Waals surface area (Å²) in [7, 11) is 0. The van der Waals surface area contributed by atoms with E-state index < -0.39 is 0 Å². The molecule has 1 aliphatic heterocycles.